The molecule has 0 rings (SSSR count). The third-order valence-electron chi connectivity index (χ3n) is 1.33. The topological polar surface area (TPSA) is 3.01 Å². The van der Waals surface area contributed by atoms with Gasteiger partial charge in [0.1, 0.15) is 14.1 Å². The molecule has 58 valence electrons. The fourth-order valence-corrected chi connectivity index (χ4v) is 0.904. The van der Waals surface area contributed by atoms with Crippen molar-refractivity contribution in [3.05, 3.63) is 11.6 Å². The van der Waals surface area contributed by atoms with Gasteiger partial charge in [-0.05, 0) is 13.3 Å². The monoisotopic (exact) mass is 140 g/mol. The SMILES string of the molecule is C/C=C(/C=[N+](C)C)CCC. The van der Waals surface area contributed by atoms with Crippen LogP contribution in [0.4, 0.5) is 0 Å². The van der Waals surface area contributed by atoms with Crippen molar-refractivity contribution in [2.24, 2.45) is 0 Å². The number of hydrogen-bond donors (Lipinski definition) is 0. The van der Waals surface area contributed by atoms with Crippen molar-refractivity contribution in [2.75, 3.05) is 14.1 Å². The molecule has 0 aromatic carbocycles. The third kappa shape index (κ3) is 4.30. The van der Waals surface area contributed by atoms with E-state index in [0.717, 1.165) is 0 Å². The molecule has 10 heavy (non-hydrogen) atoms. The van der Waals surface area contributed by atoms with E-state index in [2.05, 4.69) is 44.8 Å². The number of rotatable bonds is 3. The maximum absolute atomic E-state index is 2.20. The van der Waals surface area contributed by atoms with E-state index in [-0.39, 0.29) is 0 Å². The Bertz CT molecular complexity index is 139. The van der Waals surface area contributed by atoms with Gasteiger partial charge in [0.15, 0.2) is 6.21 Å². The Morgan fingerprint density at radius 1 is 1.40 bits per heavy atom. The largest absolute Gasteiger partial charge is 0.241 e. The van der Waals surface area contributed by atoms with Crippen molar-refractivity contribution in [1.82, 2.24) is 0 Å². The zero-order valence-corrected chi connectivity index (χ0v) is 7.52. The van der Waals surface area contributed by atoms with Crippen LogP contribution in [0.25, 0.3) is 0 Å². The fraction of sp³-hybridized carbons (Fsp3) is 0.667. The predicted octanol–water partition coefficient (Wildman–Crippen LogP) is 2.08. The summed E-state index contributed by atoms with van der Waals surface area (Å²) in [5.41, 5.74) is 1.42. The Morgan fingerprint density at radius 2 is 2.00 bits per heavy atom. The summed E-state index contributed by atoms with van der Waals surface area (Å²) in [4.78, 5) is 0. The van der Waals surface area contributed by atoms with Crippen LogP contribution in [0.5, 0.6) is 0 Å². The van der Waals surface area contributed by atoms with Crippen LogP contribution >= 0.6 is 0 Å². The first-order valence-electron chi connectivity index (χ1n) is 3.87. The summed E-state index contributed by atoms with van der Waals surface area (Å²) in [6.45, 7) is 4.29. The van der Waals surface area contributed by atoms with E-state index in [4.69, 9.17) is 0 Å². The molecule has 1 heteroatoms. The molecule has 0 saturated heterocycles. The van der Waals surface area contributed by atoms with E-state index in [1.807, 2.05) is 0 Å². The minimum Gasteiger partial charge on any atom is -0.241 e. The van der Waals surface area contributed by atoms with Gasteiger partial charge < -0.3 is 0 Å². The van der Waals surface area contributed by atoms with Gasteiger partial charge in [-0.25, -0.2) is 4.58 Å². The van der Waals surface area contributed by atoms with E-state index >= 15 is 0 Å². The van der Waals surface area contributed by atoms with Gasteiger partial charge in [-0.2, -0.15) is 0 Å². The van der Waals surface area contributed by atoms with Crippen LogP contribution in [-0.4, -0.2) is 24.9 Å². The smallest absolute Gasteiger partial charge is 0.165 e. The molecule has 0 saturated carbocycles. The molecule has 0 atom stereocenters. The minimum atomic E-state index is 1.19. The van der Waals surface area contributed by atoms with Crippen LogP contribution in [0, 0.1) is 0 Å². The lowest BCUT2D eigenvalue weighted by atomic mass is 10.1. The predicted molar refractivity (Wildman–Crippen MR) is 46.8 cm³/mol. The molecule has 0 heterocycles. The number of nitrogens with zero attached hydrogens (tertiary/aromatic N) is 1. The van der Waals surface area contributed by atoms with Gasteiger partial charge in [0.25, 0.3) is 0 Å². The molecular weight excluding hydrogens is 122 g/mol. The highest BCUT2D eigenvalue weighted by atomic mass is 14.9. The summed E-state index contributed by atoms with van der Waals surface area (Å²) in [6, 6.07) is 0. The van der Waals surface area contributed by atoms with E-state index < -0.39 is 0 Å². The minimum absolute atomic E-state index is 1.19. The molecule has 0 aliphatic heterocycles. The van der Waals surface area contributed by atoms with Crippen LogP contribution in [-0.2, 0) is 0 Å². The number of hydrogen-bond acceptors (Lipinski definition) is 0. The van der Waals surface area contributed by atoms with Gasteiger partial charge in [0, 0.05) is 5.57 Å². The zero-order chi connectivity index (χ0) is 7.98. The Labute approximate surface area is 64.1 Å². The molecule has 0 bridgehead atoms. The van der Waals surface area contributed by atoms with Crippen molar-refractivity contribution in [3.8, 4) is 0 Å². The van der Waals surface area contributed by atoms with Gasteiger partial charge in [0.2, 0.25) is 0 Å². The average Bonchev–Trinajstić information content (AvgIpc) is 1.86. The molecular formula is C9H18N+. The van der Waals surface area contributed by atoms with E-state index in [1.54, 1.807) is 0 Å². The maximum Gasteiger partial charge on any atom is 0.165 e. The molecule has 0 unspecified atom stereocenters. The molecule has 0 aromatic rings. The van der Waals surface area contributed by atoms with Crippen LogP contribution in [0.15, 0.2) is 11.6 Å². The Hall–Kier alpha value is -0.590. The second-order valence-electron chi connectivity index (χ2n) is 2.71. The van der Waals surface area contributed by atoms with Gasteiger partial charge in [-0.1, -0.05) is 19.4 Å². The highest BCUT2D eigenvalue weighted by molar-refractivity contribution is 5.73. The molecule has 0 radical (unpaired) electrons. The molecule has 0 amide bonds. The molecule has 0 aromatic heterocycles. The quantitative estimate of drug-likeness (QED) is 0.417. The summed E-state index contributed by atoms with van der Waals surface area (Å²) in [5.74, 6) is 0. The highest BCUT2D eigenvalue weighted by Gasteiger charge is 1.93. The van der Waals surface area contributed by atoms with Gasteiger partial charge in [-0.15, -0.1) is 0 Å². The van der Waals surface area contributed by atoms with Crippen LogP contribution in [0.3, 0.4) is 0 Å². The van der Waals surface area contributed by atoms with Gasteiger partial charge in [-0.3, -0.25) is 0 Å². The molecule has 1 nitrogen and oxygen atoms in total. The summed E-state index contributed by atoms with van der Waals surface area (Å²) < 4.78 is 2.09. The number of allylic oxidation sites excluding steroid dienone is 2. The van der Waals surface area contributed by atoms with E-state index in [1.165, 1.54) is 18.4 Å². The van der Waals surface area contributed by atoms with Crippen molar-refractivity contribution in [3.63, 3.8) is 0 Å². The zero-order valence-electron chi connectivity index (χ0n) is 7.52. The lowest BCUT2D eigenvalue weighted by Crippen LogP contribution is -2.00. The molecule has 0 spiro atoms. The third-order valence-corrected chi connectivity index (χ3v) is 1.33. The summed E-state index contributed by atoms with van der Waals surface area (Å²) in [5, 5.41) is 0. The average molecular weight is 140 g/mol. The van der Waals surface area contributed by atoms with E-state index in [0.29, 0.717) is 0 Å². The lowest BCUT2D eigenvalue weighted by molar-refractivity contribution is -0.459. The normalized spacial score (nSPS) is 11.4. The molecule has 0 fully saturated rings. The summed E-state index contributed by atoms with van der Waals surface area (Å²) >= 11 is 0. The second kappa shape index (κ2) is 5.21. The van der Waals surface area contributed by atoms with Crippen LogP contribution in [0.2, 0.25) is 0 Å². The first-order valence-corrected chi connectivity index (χ1v) is 3.87. The molecule has 0 aliphatic rings. The highest BCUT2D eigenvalue weighted by Crippen LogP contribution is 1.99. The first kappa shape index (κ1) is 9.41. The summed E-state index contributed by atoms with van der Waals surface area (Å²) in [6.07, 6.45) is 6.76. The maximum atomic E-state index is 2.20. The van der Waals surface area contributed by atoms with Gasteiger partial charge >= 0.3 is 0 Å². The van der Waals surface area contributed by atoms with Crippen molar-refractivity contribution < 1.29 is 4.58 Å². The van der Waals surface area contributed by atoms with Crippen LogP contribution < -0.4 is 0 Å². The Kier molecular flexibility index (Phi) is 4.91. The molecule has 0 N–H and O–H groups in total. The Morgan fingerprint density at radius 3 is 2.30 bits per heavy atom. The molecule has 0 aliphatic carbocycles. The van der Waals surface area contributed by atoms with Crippen molar-refractivity contribution in [2.45, 2.75) is 26.7 Å². The van der Waals surface area contributed by atoms with E-state index in [9.17, 15) is 0 Å². The van der Waals surface area contributed by atoms with Crippen molar-refractivity contribution in [1.29, 1.82) is 0 Å². The lowest BCUT2D eigenvalue weighted by Gasteiger charge is -1.93. The van der Waals surface area contributed by atoms with Crippen LogP contribution in [0.1, 0.15) is 26.7 Å². The van der Waals surface area contributed by atoms with Crippen molar-refractivity contribution >= 4 is 6.21 Å². The second-order valence-corrected chi connectivity index (χ2v) is 2.71. The Balaban J connectivity index is 3.98. The summed E-state index contributed by atoms with van der Waals surface area (Å²) in [7, 11) is 4.11. The fourth-order valence-electron chi connectivity index (χ4n) is 0.904. The first-order chi connectivity index (χ1) is 4.70. The standard InChI is InChI=1S/C9H18N/c1-5-7-9(6-2)8-10(3)4/h6,8H,5,7H2,1-4H3/q+1/b9-6+. The van der Waals surface area contributed by atoms with Gasteiger partial charge in [0.05, 0.1) is 0 Å².